The van der Waals surface area contributed by atoms with Gasteiger partial charge in [-0.25, -0.2) is 13.4 Å². The lowest BCUT2D eigenvalue weighted by Crippen LogP contribution is -2.49. The summed E-state index contributed by atoms with van der Waals surface area (Å²) in [5, 5.41) is 4.91. The standard InChI is InChI=1S/C27H29ClN6O4S/c1-27(7-8-27)17-38-25-24(15-31-34(26(25)35)21-4-2-3-20(28)14-21)32-9-11-33(12-10-32)39(36,37)16-19-5-6-22-23(13-19)30-18-29-22/h2-6,13-15,18H,7-12,16-17H2,1H3,(H,29,30). The smallest absolute Gasteiger partial charge is 0.316 e. The number of anilines is 1. The first-order chi connectivity index (χ1) is 18.7. The van der Waals surface area contributed by atoms with Crippen LogP contribution in [0.25, 0.3) is 16.7 Å². The molecule has 2 aromatic carbocycles. The van der Waals surface area contributed by atoms with Gasteiger partial charge in [-0.3, -0.25) is 4.79 Å². The van der Waals surface area contributed by atoms with Gasteiger partial charge in [-0.15, -0.1) is 0 Å². The first-order valence-electron chi connectivity index (χ1n) is 12.9. The van der Waals surface area contributed by atoms with Crippen LogP contribution < -0.4 is 15.2 Å². The van der Waals surface area contributed by atoms with Crippen molar-refractivity contribution in [2.45, 2.75) is 25.5 Å². The van der Waals surface area contributed by atoms with Crippen LogP contribution in [0, 0.1) is 5.41 Å². The van der Waals surface area contributed by atoms with Crippen LogP contribution in [-0.4, -0.2) is 65.3 Å². The van der Waals surface area contributed by atoms with Crippen molar-refractivity contribution in [2.24, 2.45) is 5.41 Å². The van der Waals surface area contributed by atoms with E-state index in [1.165, 1.54) is 8.99 Å². The van der Waals surface area contributed by atoms with Gasteiger partial charge in [-0.2, -0.15) is 14.1 Å². The zero-order valence-corrected chi connectivity index (χ0v) is 23.1. The van der Waals surface area contributed by atoms with Crippen molar-refractivity contribution in [3.05, 3.63) is 75.9 Å². The molecule has 2 fully saturated rings. The Labute approximate surface area is 231 Å². The summed E-state index contributed by atoms with van der Waals surface area (Å²) in [5.41, 5.74) is 3.12. The summed E-state index contributed by atoms with van der Waals surface area (Å²) in [7, 11) is -3.53. The second-order valence-corrected chi connectivity index (χ2v) is 13.0. The lowest BCUT2D eigenvalue weighted by atomic mass is 10.2. The second kappa shape index (κ2) is 9.96. The molecule has 0 spiro atoms. The summed E-state index contributed by atoms with van der Waals surface area (Å²) in [6, 6.07) is 12.4. The van der Waals surface area contributed by atoms with E-state index in [4.69, 9.17) is 16.3 Å². The highest BCUT2D eigenvalue weighted by atomic mass is 35.5. The molecule has 204 valence electrons. The molecule has 0 bridgehead atoms. The quantitative estimate of drug-likeness (QED) is 0.345. The summed E-state index contributed by atoms with van der Waals surface area (Å²) in [6.07, 6.45) is 5.32. The summed E-state index contributed by atoms with van der Waals surface area (Å²) < 4.78 is 35.4. The van der Waals surface area contributed by atoms with Crippen LogP contribution in [-0.2, 0) is 15.8 Å². The summed E-state index contributed by atoms with van der Waals surface area (Å²) >= 11 is 6.15. The molecule has 1 aliphatic carbocycles. The van der Waals surface area contributed by atoms with Crippen molar-refractivity contribution in [2.75, 3.05) is 37.7 Å². The number of nitrogens with zero attached hydrogens (tertiary/aromatic N) is 5. The van der Waals surface area contributed by atoms with Gasteiger partial charge in [0.05, 0.1) is 41.6 Å². The maximum absolute atomic E-state index is 13.6. The molecule has 1 saturated heterocycles. The van der Waals surface area contributed by atoms with Gasteiger partial charge in [0.2, 0.25) is 15.8 Å². The van der Waals surface area contributed by atoms with Crippen LogP contribution in [0.5, 0.6) is 5.75 Å². The van der Waals surface area contributed by atoms with Crippen molar-refractivity contribution < 1.29 is 13.2 Å². The fraction of sp³-hybridized carbons (Fsp3) is 0.370. The number of hydrogen-bond acceptors (Lipinski definition) is 7. The number of benzene rings is 2. The highest BCUT2D eigenvalue weighted by molar-refractivity contribution is 7.88. The minimum Gasteiger partial charge on any atom is -0.486 e. The maximum Gasteiger partial charge on any atom is 0.316 e. The molecule has 0 unspecified atom stereocenters. The number of ether oxygens (including phenoxy) is 1. The Morgan fingerprint density at radius 2 is 1.90 bits per heavy atom. The van der Waals surface area contributed by atoms with Crippen molar-refractivity contribution in [3.63, 3.8) is 0 Å². The predicted molar refractivity (Wildman–Crippen MR) is 150 cm³/mol. The highest BCUT2D eigenvalue weighted by Crippen LogP contribution is 2.45. The van der Waals surface area contributed by atoms with Gasteiger partial charge in [0, 0.05) is 36.6 Å². The summed E-state index contributed by atoms with van der Waals surface area (Å²) in [4.78, 5) is 22.8. The Kier molecular flexibility index (Phi) is 6.60. The number of halogens is 1. The van der Waals surface area contributed by atoms with Crippen LogP contribution >= 0.6 is 11.6 Å². The molecule has 0 atom stereocenters. The fourth-order valence-electron chi connectivity index (χ4n) is 4.77. The lowest BCUT2D eigenvalue weighted by Gasteiger charge is -2.35. The van der Waals surface area contributed by atoms with Crippen molar-refractivity contribution in [1.29, 1.82) is 0 Å². The average molecular weight is 569 g/mol. The topological polar surface area (TPSA) is 113 Å². The first-order valence-corrected chi connectivity index (χ1v) is 14.9. The third-order valence-corrected chi connectivity index (χ3v) is 9.53. The van der Waals surface area contributed by atoms with Gasteiger partial charge < -0.3 is 14.6 Å². The van der Waals surface area contributed by atoms with E-state index in [1.54, 1.807) is 42.9 Å². The molecule has 12 heteroatoms. The van der Waals surface area contributed by atoms with Gasteiger partial charge in [0.15, 0.2) is 0 Å². The van der Waals surface area contributed by atoms with Gasteiger partial charge in [0.1, 0.15) is 5.69 Å². The lowest BCUT2D eigenvalue weighted by molar-refractivity contribution is 0.242. The molecular weight excluding hydrogens is 540 g/mol. The molecule has 3 heterocycles. The Bertz CT molecular complexity index is 1690. The van der Waals surface area contributed by atoms with E-state index in [1.807, 2.05) is 17.0 Å². The largest absolute Gasteiger partial charge is 0.486 e. The maximum atomic E-state index is 13.6. The number of piperazine rings is 1. The van der Waals surface area contributed by atoms with Gasteiger partial charge in [0.25, 0.3) is 0 Å². The van der Waals surface area contributed by atoms with Crippen molar-refractivity contribution >= 4 is 38.3 Å². The molecule has 0 amide bonds. The SMILES string of the molecule is CC1(COc2c(N3CCN(S(=O)(=O)Cc4ccc5nc[nH]c5c4)CC3)cnn(-c3cccc(Cl)c3)c2=O)CC1. The molecule has 6 rings (SSSR count). The summed E-state index contributed by atoms with van der Waals surface area (Å²) in [6.45, 7) is 3.98. The number of aromatic amines is 1. The van der Waals surface area contributed by atoms with Crippen molar-refractivity contribution in [3.8, 4) is 11.4 Å². The molecule has 2 aliphatic rings. The number of sulfonamides is 1. The van der Waals surface area contributed by atoms with Crippen LogP contribution in [0.1, 0.15) is 25.3 Å². The predicted octanol–water partition coefficient (Wildman–Crippen LogP) is 3.59. The molecule has 10 nitrogen and oxygen atoms in total. The van der Waals surface area contributed by atoms with E-state index >= 15 is 0 Å². The molecule has 2 aromatic heterocycles. The van der Waals surface area contributed by atoms with Gasteiger partial charge in [-0.1, -0.05) is 30.7 Å². The minimum atomic E-state index is -3.53. The Morgan fingerprint density at radius 3 is 2.64 bits per heavy atom. The number of H-pyrrole nitrogens is 1. The van der Waals surface area contributed by atoms with Gasteiger partial charge in [-0.05, 0) is 48.7 Å². The highest BCUT2D eigenvalue weighted by Gasteiger charge is 2.39. The van der Waals surface area contributed by atoms with Crippen molar-refractivity contribution in [1.82, 2.24) is 24.1 Å². The third kappa shape index (κ3) is 5.39. The number of fused-ring (bicyclic) bond motifs is 1. The fourth-order valence-corrected chi connectivity index (χ4v) is 6.46. The zero-order valence-electron chi connectivity index (χ0n) is 21.5. The second-order valence-electron chi connectivity index (χ2n) is 10.6. The number of hydrogen-bond donors (Lipinski definition) is 1. The third-order valence-electron chi connectivity index (χ3n) is 7.44. The van der Waals surface area contributed by atoms with Crippen LogP contribution in [0.2, 0.25) is 5.02 Å². The molecule has 4 aromatic rings. The van der Waals surface area contributed by atoms with Gasteiger partial charge >= 0.3 is 5.56 Å². The van der Waals surface area contributed by atoms with E-state index in [2.05, 4.69) is 22.0 Å². The molecule has 1 aliphatic heterocycles. The van der Waals surface area contributed by atoms with Crippen LogP contribution in [0.3, 0.4) is 0 Å². The molecule has 0 radical (unpaired) electrons. The number of aromatic nitrogens is 4. The molecule has 1 N–H and O–H groups in total. The molecule has 39 heavy (non-hydrogen) atoms. The van der Waals surface area contributed by atoms with E-state index in [9.17, 15) is 13.2 Å². The monoisotopic (exact) mass is 568 g/mol. The Hall–Kier alpha value is -3.41. The minimum absolute atomic E-state index is 0.0693. The number of imidazole rings is 1. The number of nitrogens with one attached hydrogen (secondary N) is 1. The van der Waals surface area contributed by atoms with E-state index in [0.717, 1.165) is 23.9 Å². The first kappa shape index (κ1) is 25.8. The zero-order chi connectivity index (χ0) is 27.2. The van der Waals surface area contributed by atoms with E-state index < -0.39 is 10.0 Å². The normalized spacial score (nSPS) is 17.4. The molecule has 1 saturated carbocycles. The summed E-state index contributed by atoms with van der Waals surface area (Å²) in [5.74, 6) is 0.133. The molecular formula is C27H29ClN6O4S. The average Bonchev–Trinajstić information content (AvgIpc) is 3.47. The van der Waals surface area contributed by atoms with Crippen LogP contribution in [0.15, 0.2) is 59.8 Å². The number of rotatable bonds is 8. The van der Waals surface area contributed by atoms with E-state index in [-0.39, 0.29) is 22.5 Å². The Morgan fingerprint density at radius 1 is 1.10 bits per heavy atom. The van der Waals surface area contributed by atoms with Crippen LogP contribution in [0.4, 0.5) is 5.69 Å². The van der Waals surface area contributed by atoms with E-state index in [0.29, 0.717) is 54.7 Å². The Balaban J connectivity index is 1.21.